The molecule has 1 atom stereocenters. The van der Waals surface area contributed by atoms with E-state index < -0.39 is 5.95 Å². The van der Waals surface area contributed by atoms with E-state index in [-0.39, 0.29) is 23.8 Å². The standard InChI is InChI=1S/C19H18ClFN4O2/c20-17-15-9-23-18(25(15)16(21)10-22-17)14-7-4-8-24(11-14)19(26)27-12-13-5-2-1-3-6-13/h1-3,5-6,9-10,14H,4,7-8,11-12H2/t14-/m1/s1. The van der Waals surface area contributed by atoms with Crippen molar-refractivity contribution in [1.29, 1.82) is 0 Å². The van der Waals surface area contributed by atoms with Crippen LogP contribution >= 0.6 is 11.6 Å². The Labute approximate surface area is 160 Å². The van der Waals surface area contributed by atoms with Gasteiger partial charge in [-0.2, -0.15) is 4.39 Å². The monoisotopic (exact) mass is 388 g/mol. The Morgan fingerprint density at radius 3 is 2.89 bits per heavy atom. The minimum atomic E-state index is -0.523. The van der Waals surface area contributed by atoms with Crippen molar-refractivity contribution >= 4 is 23.2 Å². The molecule has 1 amide bonds. The summed E-state index contributed by atoms with van der Waals surface area (Å²) in [6.45, 7) is 1.26. The third-order valence-electron chi connectivity index (χ3n) is 4.75. The first-order valence-electron chi connectivity index (χ1n) is 8.76. The van der Waals surface area contributed by atoms with Gasteiger partial charge in [-0.1, -0.05) is 41.9 Å². The molecule has 1 aliphatic rings. The number of carbonyl (C=O) groups excluding carboxylic acids is 1. The van der Waals surface area contributed by atoms with E-state index in [4.69, 9.17) is 16.3 Å². The van der Waals surface area contributed by atoms with Crippen molar-refractivity contribution in [2.24, 2.45) is 0 Å². The number of halogens is 2. The zero-order valence-corrected chi connectivity index (χ0v) is 15.3. The van der Waals surface area contributed by atoms with Crippen LogP contribution in [0.25, 0.3) is 5.52 Å². The second-order valence-corrected chi connectivity index (χ2v) is 6.89. The molecule has 0 saturated carbocycles. The fourth-order valence-corrected chi connectivity index (χ4v) is 3.60. The van der Waals surface area contributed by atoms with Crippen molar-refractivity contribution in [3.8, 4) is 0 Å². The predicted molar refractivity (Wildman–Crippen MR) is 98.1 cm³/mol. The van der Waals surface area contributed by atoms with Crippen molar-refractivity contribution in [3.05, 3.63) is 65.2 Å². The van der Waals surface area contributed by atoms with Crippen LogP contribution in [0.2, 0.25) is 5.15 Å². The van der Waals surface area contributed by atoms with Crippen LogP contribution in [0.1, 0.15) is 30.1 Å². The van der Waals surface area contributed by atoms with Crippen LogP contribution in [0.5, 0.6) is 0 Å². The van der Waals surface area contributed by atoms with Gasteiger partial charge < -0.3 is 9.64 Å². The molecule has 0 N–H and O–H groups in total. The van der Waals surface area contributed by atoms with Crippen molar-refractivity contribution in [2.75, 3.05) is 13.1 Å². The molecule has 0 spiro atoms. The van der Waals surface area contributed by atoms with Gasteiger partial charge >= 0.3 is 6.09 Å². The normalized spacial score (nSPS) is 17.3. The highest BCUT2D eigenvalue weighted by atomic mass is 35.5. The Balaban J connectivity index is 1.48. The molecule has 3 aromatic rings. The smallest absolute Gasteiger partial charge is 0.410 e. The van der Waals surface area contributed by atoms with Gasteiger partial charge in [0.1, 0.15) is 17.9 Å². The minimum absolute atomic E-state index is 0.0986. The van der Waals surface area contributed by atoms with E-state index in [0.717, 1.165) is 24.6 Å². The third-order valence-corrected chi connectivity index (χ3v) is 5.04. The molecule has 140 valence electrons. The Hall–Kier alpha value is -2.67. The number of hydrogen-bond donors (Lipinski definition) is 0. The summed E-state index contributed by atoms with van der Waals surface area (Å²) in [5.74, 6) is -0.0727. The largest absolute Gasteiger partial charge is 0.445 e. The second kappa shape index (κ2) is 7.52. The first-order chi connectivity index (χ1) is 13.1. The number of rotatable bonds is 3. The molecule has 0 radical (unpaired) electrons. The lowest BCUT2D eigenvalue weighted by Gasteiger charge is -2.31. The number of imidazole rings is 1. The number of hydrogen-bond acceptors (Lipinski definition) is 4. The van der Waals surface area contributed by atoms with Crippen molar-refractivity contribution in [2.45, 2.75) is 25.4 Å². The fraction of sp³-hybridized carbons (Fsp3) is 0.316. The highest BCUT2D eigenvalue weighted by molar-refractivity contribution is 6.32. The van der Waals surface area contributed by atoms with Gasteiger partial charge in [0.25, 0.3) is 0 Å². The number of fused-ring (bicyclic) bond motifs is 1. The molecule has 1 aliphatic heterocycles. The molecular formula is C19H18ClFN4O2. The highest BCUT2D eigenvalue weighted by Gasteiger charge is 2.29. The van der Waals surface area contributed by atoms with Gasteiger partial charge in [0.2, 0.25) is 5.95 Å². The number of nitrogens with zero attached hydrogens (tertiary/aromatic N) is 4. The van der Waals surface area contributed by atoms with E-state index >= 15 is 0 Å². The second-order valence-electron chi connectivity index (χ2n) is 6.53. The molecule has 27 heavy (non-hydrogen) atoms. The number of aromatic nitrogens is 3. The van der Waals surface area contributed by atoms with E-state index in [1.54, 1.807) is 4.90 Å². The molecule has 1 saturated heterocycles. The van der Waals surface area contributed by atoms with E-state index in [1.807, 2.05) is 30.3 Å². The molecule has 1 fully saturated rings. The molecule has 1 aromatic carbocycles. The molecule has 4 rings (SSSR count). The number of carbonyl (C=O) groups is 1. The summed E-state index contributed by atoms with van der Waals surface area (Å²) in [5, 5.41) is 0.199. The van der Waals surface area contributed by atoms with Crippen LogP contribution in [0.3, 0.4) is 0 Å². The van der Waals surface area contributed by atoms with Crippen LogP contribution in [-0.4, -0.2) is 38.5 Å². The summed E-state index contributed by atoms with van der Waals surface area (Å²) in [6, 6.07) is 9.53. The highest BCUT2D eigenvalue weighted by Crippen LogP contribution is 2.29. The number of benzene rings is 1. The predicted octanol–water partition coefficient (Wildman–Crippen LogP) is 4.04. The summed E-state index contributed by atoms with van der Waals surface area (Å²) in [6.07, 6.45) is 3.82. The van der Waals surface area contributed by atoms with Crippen molar-refractivity contribution in [1.82, 2.24) is 19.3 Å². The molecule has 8 heteroatoms. The Bertz CT molecular complexity index is 963. The SMILES string of the molecule is O=C(OCc1ccccc1)N1CCC[C@@H](c2ncc3c(Cl)ncc(F)n23)C1. The van der Waals surface area contributed by atoms with Gasteiger partial charge in [0.15, 0.2) is 5.15 Å². The molecule has 0 bridgehead atoms. The van der Waals surface area contributed by atoms with Crippen LogP contribution in [0.15, 0.2) is 42.7 Å². The van der Waals surface area contributed by atoms with Crippen LogP contribution in [-0.2, 0) is 11.3 Å². The summed E-state index contributed by atoms with van der Waals surface area (Å²) in [7, 11) is 0. The molecular weight excluding hydrogens is 371 g/mol. The lowest BCUT2D eigenvalue weighted by atomic mass is 9.97. The molecule has 0 unspecified atom stereocenters. The third kappa shape index (κ3) is 3.60. The zero-order chi connectivity index (χ0) is 18.8. The van der Waals surface area contributed by atoms with Crippen LogP contribution < -0.4 is 0 Å². The molecule has 6 nitrogen and oxygen atoms in total. The number of amides is 1. The van der Waals surface area contributed by atoms with Gasteiger partial charge in [-0.05, 0) is 18.4 Å². The zero-order valence-electron chi connectivity index (χ0n) is 14.5. The van der Waals surface area contributed by atoms with Gasteiger partial charge in [-0.15, -0.1) is 0 Å². The topological polar surface area (TPSA) is 59.7 Å². The van der Waals surface area contributed by atoms with E-state index in [1.165, 1.54) is 10.6 Å². The quantitative estimate of drug-likeness (QED) is 0.679. The van der Waals surface area contributed by atoms with Crippen LogP contribution in [0.4, 0.5) is 9.18 Å². The maximum absolute atomic E-state index is 14.3. The lowest BCUT2D eigenvalue weighted by Crippen LogP contribution is -2.39. The van der Waals surface area contributed by atoms with Gasteiger partial charge in [0.05, 0.1) is 12.4 Å². The Morgan fingerprint density at radius 1 is 1.26 bits per heavy atom. The van der Waals surface area contributed by atoms with E-state index in [0.29, 0.717) is 24.4 Å². The minimum Gasteiger partial charge on any atom is -0.445 e. The van der Waals surface area contributed by atoms with Gasteiger partial charge in [-0.25, -0.2) is 14.8 Å². The summed E-state index contributed by atoms with van der Waals surface area (Å²) >= 11 is 6.04. The Kier molecular flexibility index (Phi) is 4.94. The van der Waals surface area contributed by atoms with Crippen molar-refractivity contribution in [3.63, 3.8) is 0 Å². The molecule has 2 aromatic heterocycles. The summed E-state index contributed by atoms with van der Waals surface area (Å²) in [4.78, 5) is 22.2. The number of ether oxygens (including phenoxy) is 1. The maximum atomic E-state index is 14.3. The van der Waals surface area contributed by atoms with Crippen LogP contribution in [0, 0.1) is 5.95 Å². The number of likely N-dealkylation sites (tertiary alicyclic amines) is 1. The summed E-state index contributed by atoms with van der Waals surface area (Å²) < 4.78 is 21.1. The Morgan fingerprint density at radius 2 is 2.07 bits per heavy atom. The van der Waals surface area contributed by atoms with Gasteiger partial charge in [0, 0.05) is 19.0 Å². The number of piperidine rings is 1. The first-order valence-corrected chi connectivity index (χ1v) is 9.14. The molecule has 3 heterocycles. The summed E-state index contributed by atoms with van der Waals surface area (Å²) in [5.41, 5.74) is 1.36. The maximum Gasteiger partial charge on any atom is 0.410 e. The van der Waals surface area contributed by atoms with Crippen molar-refractivity contribution < 1.29 is 13.9 Å². The van der Waals surface area contributed by atoms with E-state index in [9.17, 15) is 9.18 Å². The average molecular weight is 389 g/mol. The average Bonchev–Trinajstić information content (AvgIpc) is 3.16. The first kappa shape index (κ1) is 17.7. The van der Waals surface area contributed by atoms with E-state index in [2.05, 4.69) is 9.97 Å². The van der Waals surface area contributed by atoms with Gasteiger partial charge in [-0.3, -0.25) is 4.40 Å². The molecule has 0 aliphatic carbocycles. The fourth-order valence-electron chi connectivity index (χ4n) is 3.42. The lowest BCUT2D eigenvalue weighted by molar-refractivity contribution is 0.0852.